The number of nitrogens with one attached hydrogen (secondary N) is 3. The minimum atomic E-state index is -0.213. The maximum absolute atomic E-state index is 14.1. The van der Waals surface area contributed by atoms with Crippen LogP contribution in [0.4, 0.5) is 10.5 Å². The van der Waals surface area contributed by atoms with Gasteiger partial charge in [-0.15, -0.1) is 0 Å². The standard InChI is InChI=1S/C29H38N4O3/c1-2-36-19-17-30-29(35)32-25-15-9-7-13-22(25)28(34)33-18-16-23-26(20-10-4-3-5-11-20)31-24-14-8-6-12-21(24)27(23)33/h3-6,8,10-12,14,22-23,25-27,31H,2,7,9,13,15-19H2,1H3,(H2,30,32,35)/t22-,23-,25+,26-,27-/m0/s1. The molecule has 7 heteroatoms. The van der Waals surface area contributed by atoms with Crippen molar-refractivity contribution in [3.63, 3.8) is 0 Å². The van der Waals surface area contributed by atoms with Crippen LogP contribution in [0, 0.1) is 11.8 Å². The molecule has 2 aromatic carbocycles. The van der Waals surface area contributed by atoms with Crippen LogP contribution in [0.2, 0.25) is 0 Å². The first-order valence-electron chi connectivity index (χ1n) is 13.5. The molecule has 2 fully saturated rings. The Morgan fingerprint density at radius 2 is 1.81 bits per heavy atom. The predicted molar refractivity (Wildman–Crippen MR) is 141 cm³/mol. The lowest BCUT2D eigenvalue weighted by atomic mass is 9.79. The Hall–Kier alpha value is -3.06. The Labute approximate surface area is 214 Å². The van der Waals surface area contributed by atoms with E-state index in [-0.39, 0.29) is 36.0 Å². The van der Waals surface area contributed by atoms with Gasteiger partial charge in [-0.2, -0.15) is 0 Å². The van der Waals surface area contributed by atoms with Gasteiger partial charge in [0.1, 0.15) is 0 Å². The number of fused-ring (bicyclic) bond motifs is 3. The minimum absolute atomic E-state index is 0.0442. The third-order valence-electron chi connectivity index (χ3n) is 8.04. The lowest BCUT2D eigenvalue weighted by Crippen LogP contribution is -2.52. The summed E-state index contributed by atoms with van der Waals surface area (Å²) < 4.78 is 5.31. The van der Waals surface area contributed by atoms with Crippen molar-refractivity contribution in [1.29, 1.82) is 0 Å². The minimum Gasteiger partial charge on any atom is -0.380 e. The number of carbonyl (C=O) groups excluding carboxylic acids is 2. The Balaban J connectivity index is 1.35. The van der Waals surface area contributed by atoms with Crippen LogP contribution in [-0.2, 0) is 9.53 Å². The molecule has 3 aliphatic rings. The molecule has 0 spiro atoms. The molecule has 5 atom stereocenters. The van der Waals surface area contributed by atoms with Crippen molar-refractivity contribution < 1.29 is 14.3 Å². The number of amides is 3. The second-order valence-electron chi connectivity index (χ2n) is 10.1. The van der Waals surface area contributed by atoms with Gasteiger partial charge >= 0.3 is 6.03 Å². The van der Waals surface area contributed by atoms with Crippen molar-refractivity contribution in [3.05, 3.63) is 65.7 Å². The van der Waals surface area contributed by atoms with Crippen LogP contribution in [0.5, 0.6) is 0 Å². The highest BCUT2D eigenvalue weighted by Crippen LogP contribution is 2.51. The largest absolute Gasteiger partial charge is 0.380 e. The van der Waals surface area contributed by atoms with Crippen LogP contribution in [0.15, 0.2) is 54.6 Å². The quantitative estimate of drug-likeness (QED) is 0.494. The maximum Gasteiger partial charge on any atom is 0.315 e. The second-order valence-corrected chi connectivity index (χ2v) is 10.1. The molecule has 36 heavy (non-hydrogen) atoms. The van der Waals surface area contributed by atoms with Gasteiger partial charge in [-0.1, -0.05) is 61.4 Å². The molecule has 5 rings (SSSR count). The SMILES string of the molecule is CCOCCNC(=O)N[C@@H]1CCCC[C@@H]1C(=O)N1CC[C@H]2[C@H](c3ccccc3)Nc3ccccc3[C@@H]21. The van der Waals surface area contributed by atoms with Gasteiger partial charge in [0.2, 0.25) is 5.91 Å². The fourth-order valence-corrected chi connectivity index (χ4v) is 6.38. The number of rotatable bonds is 7. The molecular weight excluding hydrogens is 452 g/mol. The van der Waals surface area contributed by atoms with Crippen LogP contribution >= 0.6 is 0 Å². The first-order chi connectivity index (χ1) is 17.7. The number of hydrogen-bond donors (Lipinski definition) is 3. The van der Waals surface area contributed by atoms with E-state index in [0.29, 0.717) is 25.7 Å². The molecule has 0 aromatic heterocycles. The first kappa shape index (κ1) is 24.6. The molecule has 7 nitrogen and oxygen atoms in total. The zero-order chi connectivity index (χ0) is 24.9. The Morgan fingerprint density at radius 1 is 1.03 bits per heavy atom. The molecular formula is C29H38N4O3. The van der Waals surface area contributed by atoms with Crippen molar-refractivity contribution in [2.24, 2.45) is 11.8 Å². The Bertz CT molecular complexity index is 1050. The van der Waals surface area contributed by atoms with Gasteiger partial charge in [0.25, 0.3) is 0 Å². The average Bonchev–Trinajstić information content (AvgIpc) is 3.37. The molecule has 0 radical (unpaired) electrons. The maximum atomic E-state index is 14.1. The van der Waals surface area contributed by atoms with Gasteiger partial charge in [0.15, 0.2) is 0 Å². The summed E-state index contributed by atoms with van der Waals surface area (Å²) in [5, 5.41) is 9.75. The molecule has 192 valence electrons. The van der Waals surface area contributed by atoms with Crippen LogP contribution in [0.1, 0.15) is 62.2 Å². The van der Waals surface area contributed by atoms with Gasteiger partial charge < -0.3 is 25.6 Å². The average molecular weight is 491 g/mol. The molecule has 2 aromatic rings. The van der Waals surface area contributed by atoms with E-state index in [1.807, 2.05) is 13.0 Å². The summed E-state index contributed by atoms with van der Waals surface area (Å²) in [6, 6.07) is 18.8. The molecule has 2 heterocycles. The van der Waals surface area contributed by atoms with Gasteiger partial charge in [-0.05, 0) is 43.4 Å². The van der Waals surface area contributed by atoms with E-state index in [0.717, 1.165) is 44.3 Å². The van der Waals surface area contributed by atoms with Gasteiger partial charge in [0, 0.05) is 37.3 Å². The van der Waals surface area contributed by atoms with Crippen molar-refractivity contribution in [2.75, 3.05) is 31.6 Å². The van der Waals surface area contributed by atoms with Crippen LogP contribution in [0.25, 0.3) is 0 Å². The fourth-order valence-electron chi connectivity index (χ4n) is 6.38. The molecule has 2 aliphatic heterocycles. The van der Waals surface area contributed by atoms with Crippen molar-refractivity contribution in [3.8, 4) is 0 Å². The van der Waals surface area contributed by atoms with Crippen molar-refractivity contribution in [2.45, 2.75) is 57.2 Å². The highest BCUT2D eigenvalue weighted by atomic mass is 16.5. The van der Waals surface area contributed by atoms with Gasteiger partial charge in [0.05, 0.1) is 24.6 Å². The monoisotopic (exact) mass is 490 g/mol. The number of urea groups is 1. The normalized spacial score (nSPS) is 26.9. The zero-order valence-corrected chi connectivity index (χ0v) is 21.1. The van der Waals surface area contributed by atoms with E-state index >= 15 is 0 Å². The summed E-state index contributed by atoms with van der Waals surface area (Å²) in [4.78, 5) is 28.8. The Morgan fingerprint density at radius 3 is 2.64 bits per heavy atom. The molecule has 1 saturated carbocycles. The van der Waals surface area contributed by atoms with Crippen LogP contribution in [0.3, 0.4) is 0 Å². The number of likely N-dealkylation sites (tertiary alicyclic amines) is 1. The van der Waals surface area contributed by atoms with E-state index in [2.05, 4.69) is 69.4 Å². The number of nitrogens with zero attached hydrogens (tertiary/aromatic N) is 1. The lowest BCUT2D eigenvalue weighted by Gasteiger charge is -2.42. The highest BCUT2D eigenvalue weighted by molar-refractivity contribution is 5.82. The fraction of sp³-hybridized carbons (Fsp3) is 0.517. The van der Waals surface area contributed by atoms with E-state index in [4.69, 9.17) is 4.74 Å². The highest BCUT2D eigenvalue weighted by Gasteiger charge is 2.48. The number of para-hydroxylation sites is 1. The topological polar surface area (TPSA) is 82.7 Å². The van der Waals surface area contributed by atoms with E-state index in [1.54, 1.807) is 0 Å². The van der Waals surface area contributed by atoms with Crippen LogP contribution in [-0.4, -0.2) is 49.2 Å². The third-order valence-corrected chi connectivity index (χ3v) is 8.04. The van der Waals surface area contributed by atoms with E-state index in [9.17, 15) is 9.59 Å². The van der Waals surface area contributed by atoms with Crippen molar-refractivity contribution in [1.82, 2.24) is 15.5 Å². The van der Waals surface area contributed by atoms with E-state index < -0.39 is 0 Å². The predicted octanol–water partition coefficient (Wildman–Crippen LogP) is 4.64. The summed E-state index contributed by atoms with van der Waals surface area (Å²) in [7, 11) is 0. The number of anilines is 1. The van der Waals surface area contributed by atoms with Crippen molar-refractivity contribution >= 4 is 17.6 Å². The molecule has 3 N–H and O–H groups in total. The first-order valence-corrected chi connectivity index (χ1v) is 13.5. The number of ether oxygens (including phenoxy) is 1. The second kappa shape index (κ2) is 11.3. The smallest absolute Gasteiger partial charge is 0.315 e. The number of benzene rings is 2. The molecule has 3 amide bonds. The molecule has 0 unspecified atom stereocenters. The van der Waals surface area contributed by atoms with Gasteiger partial charge in [-0.3, -0.25) is 4.79 Å². The Kier molecular flexibility index (Phi) is 7.75. The lowest BCUT2D eigenvalue weighted by molar-refractivity contribution is -0.138. The summed E-state index contributed by atoms with van der Waals surface area (Å²) in [5.74, 6) is 0.306. The molecule has 1 aliphatic carbocycles. The van der Waals surface area contributed by atoms with Crippen LogP contribution < -0.4 is 16.0 Å². The third kappa shape index (κ3) is 5.07. The number of hydrogen-bond acceptors (Lipinski definition) is 4. The summed E-state index contributed by atoms with van der Waals surface area (Å²) in [6.45, 7) is 4.26. The molecule has 1 saturated heterocycles. The molecule has 0 bridgehead atoms. The zero-order valence-electron chi connectivity index (χ0n) is 21.1. The van der Waals surface area contributed by atoms with E-state index in [1.165, 1.54) is 11.1 Å². The number of carbonyl (C=O) groups is 2. The summed E-state index contributed by atoms with van der Waals surface area (Å²) in [5.41, 5.74) is 3.58. The summed E-state index contributed by atoms with van der Waals surface area (Å²) in [6.07, 6.45) is 4.66. The summed E-state index contributed by atoms with van der Waals surface area (Å²) >= 11 is 0. The van der Waals surface area contributed by atoms with Gasteiger partial charge in [-0.25, -0.2) is 4.79 Å².